The van der Waals surface area contributed by atoms with E-state index < -0.39 is 28.2 Å². The summed E-state index contributed by atoms with van der Waals surface area (Å²) in [4.78, 5) is 21.8. The Labute approximate surface area is 205 Å². The Morgan fingerprint density at radius 1 is 1.06 bits per heavy atom. The molecule has 184 valence electrons. The van der Waals surface area contributed by atoms with E-state index in [9.17, 15) is 23.3 Å². The van der Waals surface area contributed by atoms with E-state index in [1.807, 2.05) is 13.8 Å². The average Bonchev–Trinajstić information content (AvgIpc) is 3.09. The molecule has 0 radical (unpaired) electrons. The first-order valence-corrected chi connectivity index (χ1v) is 10.5. The molecule has 2 heterocycles. The van der Waals surface area contributed by atoms with E-state index in [1.165, 1.54) is 0 Å². The third-order valence-corrected chi connectivity index (χ3v) is 4.56. The molecule has 3 aromatic rings. The lowest BCUT2D eigenvalue weighted by molar-refractivity contribution is -0.383. The standard InChI is InChI=1S/C10H5Cl2F3N4O2.C7H12ClN5/c11-5-1-4(10(13,14)15)2-6(12)8(5)18-9(16)7(3-17-18)19(20)21;1-3-9-6-11-5(8)12-7(13-6)10-4-2/h1-3H,16H2;3-4H2,1-2H3,(H2,9,10,11,12,13). The van der Waals surface area contributed by atoms with Gasteiger partial charge in [0.2, 0.25) is 23.0 Å². The second-order valence-electron chi connectivity index (χ2n) is 6.18. The van der Waals surface area contributed by atoms with Crippen molar-refractivity contribution in [3.8, 4) is 5.69 Å². The predicted molar refractivity (Wildman–Crippen MR) is 123 cm³/mol. The third-order valence-electron chi connectivity index (χ3n) is 3.82. The van der Waals surface area contributed by atoms with Crippen LogP contribution in [0.25, 0.3) is 5.69 Å². The number of hydrogen-bond acceptors (Lipinski definition) is 9. The number of alkyl halides is 3. The topological polar surface area (TPSA) is 150 Å². The first kappa shape index (κ1) is 27.1. The van der Waals surface area contributed by atoms with Crippen molar-refractivity contribution in [3.63, 3.8) is 0 Å². The fourth-order valence-electron chi connectivity index (χ4n) is 2.42. The molecule has 0 aliphatic rings. The van der Waals surface area contributed by atoms with Gasteiger partial charge in [-0.1, -0.05) is 23.2 Å². The molecule has 2 aromatic heterocycles. The van der Waals surface area contributed by atoms with Gasteiger partial charge in [-0.25, -0.2) is 4.68 Å². The number of nitrogens with two attached hydrogens (primary N) is 1. The van der Waals surface area contributed by atoms with E-state index in [0.29, 0.717) is 24.0 Å². The highest BCUT2D eigenvalue weighted by Crippen LogP contribution is 2.38. The van der Waals surface area contributed by atoms with Gasteiger partial charge in [-0.2, -0.15) is 33.2 Å². The SMILES string of the molecule is CCNc1nc(Cl)nc(NCC)n1.Nc1c([N+](=O)[O-])cnn1-c1c(Cl)cc(C(F)(F)F)cc1Cl. The number of benzene rings is 1. The fourth-order valence-corrected chi connectivity index (χ4v) is 3.23. The molecule has 0 aliphatic heterocycles. The molecule has 0 saturated carbocycles. The molecule has 0 saturated heterocycles. The van der Waals surface area contributed by atoms with Crippen molar-refractivity contribution >= 4 is 58.2 Å². The van der Waals surface area contributed by atoms with Crippen LogP contribution in [0.5, 0.6) is 0 Å². The summed E-state index contributed by atoms with van der Waals surface area (Å²) in [5, 5.41) is 19.6. The van der Waals surface area contributed by atoms with Crippen LogP contribution in [0.3, 0.4) is 0 Å². The average molecular weight is 543 g/mol. The summed E-state index contributed by atoms with van der Waals surface area (Å²) in [6.07, 6.45) is -3.78. The Hall–Kier alpha value is -3.10. The Morgan fingerprint density at radius 3 is 1.94 bits per heavy atom. The molecule has 0 spiro atoms. The Balaban J connectivity index is 0.000000270. The third kappa shape index (κ3) is 6.71. The lowest BCUT2D eigenvalue weighted by Gasteiger charge is -2.12. The van der Waals surface area contributed by atoms with Gasteiger partial charge in [0.15, 0.2) is 0 Å². The molecule has 0 unspecified atom stereocenters. The maximum absolute atomic E-state index is 12.6. The number of nitro groups is 1. The van der Waals surface area contributed by atoms with Gasteiger partial charge in [-0.3, -0.25) is 10.1 Å². The van der Waals surface area contributed by atoms with Crippen molar-refractivity contribution in [2.24, 2.45) is 0 Å². The molecule has 11 nitrogen and oxygen atoms in total. The van der Waals surface area contributed by atoms with Gasteiger partial charge in [-0.15, -0.1) is 0 Å². The van der Waals surface area contributed by atoms with Gasteiger partial charge in [0, 0.05) is 13.1 Å². The zero-order valence-electron chi connectivity index (χ0n) is 17.5. The van der Waals surface area contributed by atoms with Crippen molar-refractivity contribution in [2.75, 3.05) is 29.5 Å². The normalized spacial score (nSPS) is 10.9. The zero-order chi connectivity index (χ0) is 25.6. The zero-order valence-corrected chi connectivity index (χ0v) is 19.8. The van der Waals surface area contributed by atoms with Crippen molar-refractivity contribution in [2.45, 2.75) is 20.0 Å². The molecule has 0 fully saturated rings. The number of nitrogens with one attached hydrogen (secondary N) is 2. The molecule has 17 heteroatoms. The summed E-state index contributed by atoms with van der Waals surface area (Å²) in [6, 6.07) is 1.27. The summed E-state index contributed by atoms with van der Waals surface area (Å²) in [7, 11) is 0. The number of nitrogens with zero attached hydrogens (tertiary/aromatic N) is 6. The Morgan fingerprint density at radius 2 is 1.56 bits per heavy atom. The number of anilines is 3. The van der Waals surface area contributed by atoms with Gasteiger partial charge in [0.05, 0.1) is 20.5 Å². The van der Waals surface area contributed by atoms with E-state index in [1.54, 1.807) is 0 Å². The number of hydrogen-bond donors (Lipinski definition) is 3. The minimum atomic E-state index is -4.63. The number of aromatic nitrogens is 5. The highest BCUT2D eigenvalue weighted by molar-refractivity contribution is 6.38. The quantitative estimate of drug-likeness (QED) is 0.286. The van der Waals surface area contributed by atoms with Crippen LogP contribution in [-0.4, -0.2) is 42.7 Å². The Kier molecular flexibility index (Phi) is 9.06. The van der Waals surface area contributed by atoms with Crippen molar-refractivity contribution in [1.82, 2.24) is 24.7 Å². The molecule has 0 aliphatic carbocycles. The summed E-state index contributed by atoms with van der Waals surface area (Å²) in [5.41, 5.74) is 3.78. The van der Waals surface area contributed by atoms with Gasteiger partial charge >= 0.3 is 11.9 Å². The molecular weight excluding hydrogens is 526 g/mol. The smallest absolute Gasteiger partial charge is 0.378 e. The summed E-state index contributed by atoms with van der Waals surface area (Å²) >= 11 is 17.2. The Bertz CT molecular complexity index is 1130. The molecule has 3 rings (SSSR count). The minimum Gasteiger partial charge on any atom is -0.378 e. The van der Waals surface area contributed by atoms with E-state index >= 15 is 0 Å². The first-order chi connectivity index (χ1) is 15.9. The maximum atomic E-state index is 12.6. The van der Waals surface area contributed by atoms with Crippen molar-refractivity contribution in [1.29, 1.82) is 0 Å². The van der Waals surface area contributed by atoms with Crippen LogP contribution in [0.2, 0.25) is 15.3 Å². The van der Waals surface area contributed by atoms with Crippen LogP contribution < -0.4 is 16.4 Å². The molecule has 0 amide bonds. The van der Waals surface area contributed by atoms with Crippen molar-refractivity contribution < 1.29 is 18.1 Å². The second-order valence-corrected chi connectivity index (χ2v) is 7.33. The molecular formula is C17H17Cl3F3N9O2. The van der Waals surface area contributed by atoms with Crippen LogP contribution in [0.1, 0.15) is 19.4 Å². The molecule has 0 atom stereocenters. The number of nitrogen functional groups attached to an aromatic ring is 1. The number of rotatable bonds is 6. The second kappa shape index (κ2) is 11.4. The summed E-state index contributed by atoms with van der Waals surface area (Å²) in [6.45, 7) is 5.44. The molecule has 4 N–H and O–H groups in total. The van der Waals surface area contributed by atoms with E-state index in [2.05, 4.69) is 30.7 Å². The van der Waals surface area contributed by atoms with Crippen LogP contribution >= 0.6 is 34.8 Å². The minimum absolute atomic E-state index is 0.170. The van der Waals surface area contributed by atoms with E-state index in [-0.39, 0.29) is 21.0 Å². The van der Waals surface area contributed by atoms with Crippen molar-refractivity contribution in [3.05, 3.63) is 49.3 Å². The molecule has 0 bridgehead atoms. The summed E-state index contributed by atoms with van der Waals surface area (Å²) in [5.74, 6) is 0.598. The molecule has 1 aromatic carbocycles. The first-order valence-electron chi connectivity index (χ1n) is 9.32. The van der Waals surface area contributed by atoms with Gasteiger partial charge < -0.3 is 16.4 Å². The van der Waals surface area contributed by atoms with Gasteiger partial charge in [0.25, 0.3) is 0 Å². The van der Waals surface area contributed by atoms with Crippen LogP contribution in [0.15, 0.2) is 18.3 Å². The van der Waals surface area contributed by atoms with Crippen LogP contribution in [-0.2, 0) is 6.18 Å². The van der Waals surface area contributed by atoms with Crippen LogP contribution in [0, 0.1) is 10.1 Å². The lowest BCUT2D eigenvalue weighted by Crippen LogP contribution is -2.08. The molecule has 34 heavy (non-hydrogen) atoms. The fraction of sp³-hybridized carbons (Fsp3) is 0.294. The van der Waals surface area contributed by atoms with E-state index in [4.69, 9.17) is 40.5 Å². The van der Waals surface area contributed by atoms with Crippen LogP contribution in [0.4, 0.5) is 36.6 Å². The highest BCUT2D eigenvalue weighted by Gasteiger charge is 2.33. The number of halogens is 6. The van der Waals surface area contributed by atoms with E-state index in [0.717, 1.165) is 24.0 Å². The predicted octanol–water partition coefficient (Wildman–Crippen LogP) is 5.08. The van der Waals surface area contributed by atoms with Gasteiger partial charge in [-0.05, 0) is 37.6 Å². The maximum Gasteiger partial charge on any atom is 0.416 e. The largest absolute Gasteiger partial charge is 0.416 e. The monoisotopic (exact) mass is 541 g/mol. The lowest BCUT2D eigenvalue weighted by atomic mass is 10.2. The van der Waals surface area contributed by atoms with Gasteiger partial charge in [0.1, 0.15) is 11.9 Å². The summed E-state index contributed by atoms with van der Waals surface area (Å²) < 4.78 is 38.7. The highest BCUT2D eigenvalue weighted by atomic mass is 35.5.